The number of rotatable bonds is 6. The van der Waals surface area contributed by atoms with Gasteiger partial charge in [-0.05, 0) is 54.3 Å². The predicted molar refractivity (Wildman–Crippen MR) is 108 cm³/mol. The number of anilines is 1. The number of methoxy groups -OCH3 is 1. The summed E-state index contributed by atoms with van der Waals surface area (Å²) in [6.07, 6.45) is 1.70. The number of amides is 1. The summed E-state index contributed by atoms with van der Waals surface area (Å²) in [6.45, 7) is 6.16. The number of pyridine rings is 1. The average molecular weight is 364 g/mol. The number of ether oxygens (including phenoxy) is 2. The lowest BCUT2D eigenvalue weighted by molar-refractivity contribution is -0.118. The fraction of sp³-hybridized carbons (Fsp3) is 0.273. The number of carbonyl (C=O) groups excluding carboxylic acids is 1. The molecule has 5 heteroatoms. The van der Waals surface area contributed by atoms with Crippen LogP contribution in [0.25, 0.3) is 10.9 Å². The zero-order valence-electron chi connectivity index (χ0n) is 16.1. The number of benzene rings is 2. The molecule has 5 nitrogen and oxygen atoms in total. The van der Waals surface area contributed by atoms with Crippen LogP contribution in [0.5, 0.6) is 11.5 Å². The summed E-state index contributed by atoms with van der Waals surface area (Å²) in [5, 5.41) is 3.73. The molecule has 140 valence electrons. The van der Waals surface area contributed by atoms with Gasteiger partial charge in [-0.1, -0.05) is 26.0 Å². The van der Waals surface area contributed by atoms with Gasteiger partial charge in [-0.3, -0.25) is 9.78 Å². The van der Waals surface area contributed by atoms with Crippen LogP contribution in [-0.2, 0) is 4.79 Å². The van der Waals surface area contributed by atoms with Gasteiger partial charge in [0.2, 0.25) is 0 Å². The minimum atomic E-state index is -0.221. The Bertz CT molecular complexity index is 967. The number of hydrogen-bond acceptors (Lipinski definition) is 4. The van der Waals surface area contributed by atoms with E-state index in [0.29, 0.717) is 22.9 Å². The topological polar surface area (TPSA) is 60.5 Å². The first-order chi connectivity index (χ1) is 13.0. The molecular weight excluding hydrogens is 340 g/mol. The van der Waals surface area contributed by atoms with E-state index in [4.69, 9.17) is 9.47 Å². The predicted octanol–water partition coefficient (Wildman–Crippen LogP) is 4.69. The van der Waals surface area contributed by atoms with Crippen molar-refractivity contribution in [1.82, 2.24) is 4.98 Å². The molecule has 0 saturated heterocycles. The van der Waals surface area contributed by atoms with Crippen molar-refractivity contribution in [3.8, 4) is 11.5 Å². The SMILES string of the molecule is COc1ccc(NC(=O)COc2cc(C)ccc2C(C)C)c2cccnc12. The Morgan fingerprint density at radius 1 is 1.15 bits per heavy atom. The molecule has 1 aromatic heterocycles. The number of aryl methyl sites for hydroxylation is 1. The second-order valence-electron chi connectivity index (χ2n) is 6.75. The molecule has 0 aliphatic carbocycles. The molecule has 0 spiro atoms. The molecule has 3 rings (SSSR count). The summed E-state index contributed by atoms with van der Waals surface area (Å²) in [6, 6.07) is 13.4. The molecule has 2 aromatic carbocycles. The zero-order chi connectivity index (χ0) is 19.4. The number of hydrogen-bond donors (Lipinski definition) is 1. The number of nitrogens with one attached hydrogen (secondary N) is 1. The van der Waals surface area contributed by atoms with Gasteiger partial charge in [0.05, 0.1) is 12.8 Å². The van der Waals surface area contributed by atoms with Crippen molar-refractivity contribution in [2.45, 2.75) is 26.7 Å². The summed E-state index contributed by atoms with van der Waals surface area (Å²) in [5.41, 5.74) is 3.58. The lowest BCUT2D eigenvalue weighted by Gasteiger charge is -2.15. The molecule has 1 N–H and O–H groups in total. The fourth-order valence-electron chi connectivity index (χ4n) is 2.99. The van der Waals surface area contributed by atoms with E-state index in [0.717, 1.165) is 22.3 Å². The van der Waals surface area contributed by atoms with Crippen LogP contribution in [0.4, 0.5) is 5.69 Å². The Kier molecular flexibility index (Phi) is 5.60. The second-order valence-corrected chi connectivity index (χ2v) is 6.75. The summed E-state index contributed by atoms with van der Waals surface area (Å²) in [5.74, 6) is 1.52. The standard InChI is InChI=1S/C22H24N2O3/c1-14(2)16-8-7-15(3)12-20(16)27-13-21(25)24-18-9-10-19(26-4)22-17(18)6-5-11-23-22/h5-12,14H,13H2,1-4H3,(H,24,25). The molecule has 0 aliphatic heterocycles. The lowest BCUT2D eigenvalue weighted by Crippen LogP contribution is -2.21. The largest absolute Gasteiger partial charge is 0.494 e. The first-order valence-electron chi connectivity index (χ1n) is 8.94. The Balaban J connectivity index is 1.76. The molecular formula is C22H24N2O3. The Morgan fingerprint density at radius 2 is 1.96 bits per heavy atom. The molecule has 27 heavy (non-hydrogen) atoms. The van der Waals surface area contributed by atoms with Gasteiger partial charge in [0, 0.05) is 11.6 Å². The van der Waals surface area contributed by atoms with E-state index in [1.165, 1.54) is 0 Å². The smallest absolute Gasteiger partial charge is 0.262 e. The first-order valence-corrected chi connectivity index (χ1v) is 8.94. The minimum Gasteiger partial charge on any atom is -0.494 e. The second kappa shape index (κ2) is 8.08. The molecule has 1 heterocycles. The maximum Gasteiger partial charge on any atom is 0.262 e. The highest BCUT2D eigenvalue weighted by Gasteiger charge is 2.13. The van der Waals surface area contributed by atoms with Crippen LogP contribution in [0, 0.1) is 6.92 Å². The molecule has 0 saturated carbocycles. The maximum atomic E-state index is 12.5. The lowest BCUT2D eigenvalue weighted by atomic mass is 10.0. The average Bonchev–Trinajstić information content (AvgIpc) is 2.66. The third-order valence-corrected chi connectivity index (χ3v) is 4.38. The van der Waals surface area contributed by atoms with Gasteiger partial charge in [-0.25, -0.2) is 0 Å². The molecule has 0 fully saturated rings. The third-order valence-electron chi connectivity index (χ3n) is 4.38. The number of carbonyl (C=O) groups is 1. The highest BCUT2D eigenvalue weighted by Crippen LogP contribution is 2.30. The van der Waals surface area contributed by atoms with E-state index in [-0.39, 0.29) is 12.5 Å². The number of nitrogens with zero attached hydrogens (tertiary/aromatic N) is 1. The van der Waals surface area contributed by atoms with Crippen molar-refractivity contribution in [3.63, 3.8) is 0 Å². The van der Waals surface area contributed by atoms with Crippen LogP contribution in [0.3, 0.4) is 0 Å². The molecule has 0 unspecified atom stereocenters. The van der Waals surface area contributed by atoms with Crippen molar-refractivity contribution in [2.75, 3.05) is 19.0 Å². The quantitative estimate of drug-likeness (QED) is 0.689. The van der Waals surface area contributed by atoms with Crippen LogP contribution in [0.15, 0.2) is 48.7 Å². The van der Waals surface area contributed by atoms with Gasteiger partial charge >= 0.3 is 0 Å². The Labute approximate surface area is 159 Å². The minimum absolute atomic E-state index is 0.0586. The van der Waals surface area contributed by atoms with Crippen molar-refractivity contribution in [2.24, 2.45) is 0 Å². The summed E-state index contributed by atoms with van der Waals surface area (Å²) < 4.78 is 11.2. The number of aromatic nitrogens is 1. The van der Waals surface area contributed by atoms with Gasteiger partial charge in [0.25, 0.3) is 5.91 Å². The van der Waals surface area contributed by atoms with E-state index in [9.17, 15) is 4.79 Å². The van der Waals surface area contributed by atoms with Crippen LogP contribution < -0.4 is 14.8 Å². The maximum absolute atomic E-state index is 12.5. The van der Waals surface area contributed by atoms with E-state index < -0.39 is 0 Å². The van der Waals surface area contributed by atoms with Gasteiger partial charge in [0.1, 0.15) is 17.0 Å². The van der Waals surface area contributed by atoms with Crippen LogP contribution in [-0.4, -0.2) is 24.6 Å². The summed E-state index contributed by atoms with van der Waals surface area (Å²) in [7, 11) is 1.60. The normalized spacial score (nSPS) is 10.9. The Morgan fingerprint density at radius 3 is 2.70 bits per heavy atom. The monoisotopic (exact) mass is 364 g/mol. The van der Waals surface area contributed by atoms with Gasteiger partial charge in [0.15, 0.2) is 6.61 Å². The van der Waals surface area contributed by atoms with Crippen molar-refractivity contribution in [3.05, 3.63) is 59.8 Å². The van der Waals surface area contributed by atoms with Crippen molar-refractivity contribution < 1.29 is 14.3 Å². The Hall–Kier alpha value is -3.08. The van der Waals surface area contributed by atoms with Gasteiger partial charge < -0.3 is 14.8 Å². The zero-order valence-corrected chi connectivity index (χ0v) is 16.1. The molecule has 0 radical (unpaired) electrons. The first kappa shape index (κ1) is 18.7. The third kappa shape index (κ3) is 4.19. The number of fused-ring (bicyclic) bond motifs is 1. The van der Waals surface area contributed by atoms with Crippen LogP contribution >= 0.6 is 0 Å². The van der Waals surface area contributed by atoms with Gasteiger partial charge in [-0.2, -0.15) is 0 Å². The van der Waals surface area contributed by atoms with Gasteiger partial charge in [-0.15, -0.1) is 0 Å². The van der Waals surface area contributed by atoms with Crippen molar-refractivity contribution in [1.29, 1.82) is 0 Å². The molecule has 0 bridgehead atoms. The fourth-order valence-corrected chi connectivity index (χ4v) is 2.99. The molecule has 3 aromatic rings. The van der Waals surface area contributed by atoms with Crippen LogP contribution in [0.2, 0.25) is 0 Å². The van der Waals surface area contributed by atoms with E-state index in [1.807, 2.05) is 31.2 Å². The van der Waals surface area contributed by atoms with Crippen LogP contribution in [0.1, 0.15) is 30.9 Å². The summed E-state index contributed by atoms with van der Waals surface area (Å²) in [4.78, 5) is 16.8. The van der Waals surface area contributed by atoms with E-state index in [1.54, 1.807) is 19.4 Å². The highest BCUT2D eigenvalue weighted by molar-refractivity contribution is 6.03. The molecule has 0 aliphatic rings. The van der Waals surface area contributed by atoms with E-state index >= 15 is 0 Å². The van der Waals surface area contributed by atoms with Crippen molar-refractivity contribution >= 4 is 22.5 Å². The molecule has 0 atom stereocenters. The highest BCUT2D eigenvalue weighted by atomic mass is 16.5. The van der Waals surface area contributed by atoms with E-state index in [2.05, 4.69) is 36.3 Å². The summed E-state index contributed by atoms with van der Waals surface area (Å²) >= 11 is 0. The molecule has 1 amide bonds.